The molecule has 0 spiro atoms. The number of hydrogen-bond acceptors (Lipinski definition) is 6. The number of rotatable bonds is 3. The highest BCUT2D eigenvalue weighted by Crippen LogP contribution is 2.18. The van der Waals surface area contributed by atoms with E-state index < -0.39 is 0 Å². The highest BCUT2D eigenvalue weighted by Gasteiger charge is 2.20. The van der Waals surface area contributed by atoms with Crippen molar-refractivity contribution in [1.29, 1.82) is 0 Å². The van der Waals surface area contributed by atoms with Gasteiger partial charge in [-0.15, -0.1) is 0 Å². The van der Waals surface area contributed by atoms with Crippen LogP contribution < -0.4 is 4.90 Å². The van der Waals surface area contributed by atoms with E-state index in [1.165, 1.54) is 12.0 Å². The van der Waals surface area contributed by atoms with Crippen LogP contribution in [0.25, 0.3) is 0 Å². The van der Waals surface area contributed by atoms with Crippen molar-refractivity contribution in [2.45, 2.75) is 13.5 Å². The highest BCUT2D eigenvalue weighted by molar-refractivity contribution is 5.46. The smallest absolute Gasteiger partial charge is 0.213 e. The number of nitrogens with zero attached hydrogens (tertiary/aromatic N) is 5. The summed E-state index contributed by atoms with van der Waals surface area (Å²) in [6.07, 6.45) is 3.23. The third kappa shape index (κ3) is 2.73. The molecule has 0 aromatic carbocycles. The molecule has 2 aromatic heterocycles. The highest BCUT2D eigenvalue weighted by atomic mass is 16.5. The lowest BCUT2D eigenvalue weighted by Crippen LogP contribution is -2.46. The minimum absolute atomic E-state index is 0.752. The lowest BCUT2D eigenvalue weighted by atomic mass is 10.2. The van der Waals surface area contributed by atoms with Crippen LogP contribution in [0.15, 0.2) is 29.2 Å². The molecule has 0 radical (unpaired) electrons. The van der Waals surface area contributed by atoms with Gasteiger partial charge in [-0.2, -0.15) is 4.98 Å². The summed E-state index contributed by atoms with van der Waals surface area (Å²) in [5, 5.41) is 3.85. The van der Waals surface area contributed by atoms with Crippen molar-refractivity contribution in [2.75, 3.05) is 31.1 Å². The fourth-order valence-electron chi connectivity index (χ4n) is 2.39. The molecule has 2 aromatic rings. The molecule has 1 aliphatic heterocycles. The van der Waals surface area contributed by atoms with Crippen molar-refractivity contribution in [1.82, 2.24) is 20.0 Å². The SMILES string of the molecule is Cc1cccnc1N1CCN(Cc2ncon2)CC1. The van der Waals surface area contributed by atoms with Gasteiger partial charge in [0.2, 0.25) is 6.39 Å². The standard InChI is InChI=1S/C13H17N5O/c1-11-3-2-4-14-13(11)18-7-5-17(6-8-18)9-12-15-10-19-16-12/h2-4,10H,5-9H2,1H3. The van der Waals surface area contributed by atoms with E-state index in [0.29, 0.717) is 0 Å². The molecule has 19 heavy (non-hydrogen) atoms. The summed E-state index contributed by atoms with van der Waals surface area (Å²) in [5.41, 5.74) is 1.23. The number of pyridine rings is 1. The van der Waals surface area contributed by atoms with E-state index >= 15 is 0 Å². The second kappa shape index (κ2) is 5.36. The van der Waals surface area contributed by atoms with Crippen LogP contribution >= 0.6 is 0 Å². The monoisotopic (exact) mass is 259 g/mol. The van der Waals surface area contributed by atoms with Gasteiger partial charge < -0.3 is 9.42 Å². The molecule has 1 aliphatic rings. The Labute approximate surface area is 112 Å². The molecule has 0 unspecified atom stereocenters. The number of aryl methyl sites for hydroxylation is 1. The van der Waals surface area contributed by atoms with E-state index in [4.69, 9.17) is 4.52 Å². The van der Waals surface area contributed by atoms with E-state index in [1.807, 2.05) is 12.3 Å². The molecule has 0 bridgehead atoms. The summed E-state index contributed by atoms with van der Waals surface area (Å²) >= 11 is 0. The van der Waals surface area contributed by atoms with Crippen molar-refractivity contribution >= 4 is 5.82 Å². The summed E-state index contributed by atoms with van der Waals surface area (Å²) in [5.74, 6) is 1.85. The number of hydrogen-bond donors (Lipinski definition) is 0. The third-order valence-electron chi connectivity index (χ3n) is 3.43. The molecule has 0 aliphatic carbocycles. The van der Waals surface area contributed by atoms with Crippen LogP contribution in [0.4, 0.5) is 5.82 Å². The van der Waals surface area contributed by atoms with Gasteiger partial charge in [0.1, 0.15) is 5.82 Å². The molecule has 0 N–H and O–H groups in total. The zero-order chi connectivity index (χ0) is 13.1. The van der Waals surface area contributed by atoms with E-state index in [-0.39, 0.29) is 0 Å². The average Bonchev–Trinajstić information content (AvgIpc) is 2.93. The van der Waals surface area contributed by atoms with E-state index in [2.05, 4.69) is 37.9 Å². The van der Waals surface area contributed by atoms with Crippen LogP contribution in [0.1, 0.15) is 11.4 Å². The van der Waals surface area contributed by atoms with Gasteiger partial charge >= 0.3 is 0 Å². The van der Waals surface area contributed by atoms with Gasteiger partial charge in [0, 0.05) is 32.4 Å². The van der Waals surface area contributed by atoms with Gasteiger partial charge in [-0.3, -0.25) is 4.90 Å². The van der Waals surface area contributed by atoms with E-state index in [0.717, 1.165) is 44.4 Å². The molecule has 0 amide bonds. The van der Waals surface area contributed by atoms with Gasteiger partial charge in [0.15, 0.2) is 5.82 Å². The van der Waals surface area contributed by atoms with Crippen LogP contribution in [0, 0.1) is 6.92 Å². The Morgan fingerprint density at radius 3 is 2.74 bits per heavy atom. The van der Waals surface area contributed by atoms with E-state index in [9.17, 15) is 0 Å². The molecule has 100 valence electrons. The van der Waals surface area contributed by atoms with Crippen LogP contribution in [0.5, 0.6) is 0 Å². The summed E-state index contributed by atoms with van der Waals surface area (Å²) < 4.78 is 4.75. The predicted octanol–water partition coefficient (Wildman–Crippen LogP) is 1.10. The maximum absolute atomic E-state index is 4.75. The normalized spacial score (nSPS) is 16.8. The predicted molar refractivity (Wildman–Crippen MR) is 70.8 cm³/mol. The van der Waals surface area contributed by atoms with Gasteiger partial charge in [0.25, 0.3) is 0 Å². The Bertz CT molecular complexity index is 520. The number of piperazine rings is 1. The van der Waals surface area contributed by atoms with Gasteiger partial charge in [-0.1, -0.05) is 11.2 Å². The fraction of sp³-hybridized carbons (Fsp3) is 0.462. The van der Waals surface area contributed by atoms with Crippen LogP contribution in [0.3, 0.4) is 0 Å². The topological polar surface area (TPSA) is 58.3 Å². The minimum Gasteiger partial charge on any atom is -0.354 e. The average molecular weight is 259 g/mol. The quantitative estimate of drug-likeness (QED) is 0.822. The molecular weight excluding hydrogens is 242 g/mol. The first-order valence-electron chi connectivity index (χ1n) is 6.47. The zero-order valence-electron chi connectivity index (χ0n) is 11.0. The van der Waals surface area contributed by atoms with Gasteiger partial charge in [0.05, 0.1) is 6.54 Å². The van der Waals surface area contributed by atoms with Crippen molar-refractivity contribution in [3.8, 4) is 0 Å². The molecular formula is C13H17N5O. The van der Waals surface area contributed by atoms with Crippen LogP contribution in [-0.4, -0.2) is 46.2 Å². The Kier molecular flexibility index (Phi) is 3.41. The molecule has 3 heterocycles. The number of anilines is 1. The second-order valence-corrected chi connectivity index (χ2v) is 4.75. The maximum Gasteiger partial charge on any atom is 0.213 e. The summed E-state index contributed by atoms with van der Waals surface area (Å²) in [6, 6.07) is 4.08. The maximum atomic E-state index is 4.75. The van der Waals surface area contributed by atoms with Gasteiger partial charge in [-0.05, 0) is 18.6 Å². The largest absolute Gasteiger partial charge is 0.354 e. The molecule has 0 atom stereocenters. The summed E-state index contributed by atoms with van der Waals surface area (Å²) in [7, 11) is 0. The van der Waals surface area contributed by atoms with Crippen LogP contribution in [0.2, 0.25) is 0 Å². The fourth-order valence-corrected chi connectivity index (χ4v) is 2.39. The van der Waals surface area contributed by atoms with Crippen molar-refractivity contribution in [3.05, 3.63) is 36.1 Å². The first-order chi connectivity index (χ1) is 9.33. The Balaban J connectivity index is 1.59. The molecule has 3 rings (SSSR count). The summed E-state index contributed by atoms with van der Waals surface area (Å²) in [6.45, 7) is 6.81. The Hall–Kier alpha value is -1.95. The first-order valence-corrected chi connectivity index (χ1v) is 6.47. The van der Waals surface area contributed by atoms with Crippen LogP contribution in [-0.2, 0) is 6.54 Å². The number of aromatic nitrogens is 3. The molecule has 6 nitrogen and oxygen atoms in total. The molecule has 0 saturated carbocycles. The second-order valence-electron chi connectivity index (χ2n) is 4.75. The van der Waals surface area contributed by atoms with Crippen molar-refractivity contribution in [2.24, 2.45) is 0 Å². The molecule has 1 fully saturated rings. The Morgan fingerprint density at radius 2 is 2.05 bits per heavy atom. The lowest BCUT2D eigenvalue weighted by molar-refractivity contribution is 0.239. The lowest BCUT2D eigenvalue weighted by Gasteiger charge is -2.35. The zero-order valence-corrected chi connectivity index (χ0v) is 11.0. The van der Waals surface area contributed by atoms with E-state index in [1.54, 1.807) is 0 Å². The minimum atomic E-state index is 0.752. The van der Waals surface area contributed by atoms with Gasteiger partial charge in [-0.25, -0.2) is 4.98 Å². The van der Waals surface area contributed by atoms with Crippen molar-refractivity contribution in [3.63, 3.8) is 0 Å². The summed E-state index contributed by atoms with van der Waals surface area (Å²) in [4.78, 5) is 13.2. The Morgan fingerprint density at radius 1 is 1.21 bits per heavy atom. The van der Waals surface area contributed by atoms with Crippen molar-refractivity contribution < 1.29 is 4.52 Å². The molecule has 1 saturated heterocycles. The third-order valence-corrected chi connectivity index (χ3v) is 3.43. The first kappa shape index (κ1) is 12.1. The molecule has 6 heteroatoms.